The summed E-state index contributed by atoms with van der Waals surface area (Å²) in [5.74, 6) is 0.579. The predicted molar refractivity (Wildman–Crippen MR) is 99.8 cm³/mol. The van der Waals surface area contributed by atoms with E-state index in [-0.39, 0.29) is 42.4 Å². The number of alkyl halides is 3. The van der Waals surface area contributed by atoms with Crippen LogP contribution in [0.4, 0.5) is 13.2 Å². The summed E-state index contributed by atoms with van der Waals surface area (Å²) < 4.78 is 62.4. The Bertz CT molecular complexity index is 459. The number of halogens is 4. The van der Waals surface area contributed by atoms with Gasteiger partial charge in [-0.05, 0) is 26.7 Å². The Morgan fingerprint density at radius 3 is 2.46 bits per heavy atom. The highest BCUT2D eigenvalue weighted by molar-refractivity contribution is 14.0. The molecule has 2 N–H and O–H groups in total. The second-order valence-corrected chi connectivity index (χ2v) is 7.51. The van der Waals surface area contributed by atoms with Crippen LogP contribution in [0.25, 0.3) is 0 Å². The lowest BCUT2D eigenvalue weighted by atomic mass is 10.3. The van der Waals surface area contributed by atoms with Gasteiger partial charge in [-0.25, -0.2) is 8.42 Å². The molecule has 0 saturated heterocycles. The van der Waals surface area contributed by atoms with E-state index < -0.39 is 22.6 Å². The molecular weight excluding hydrogens is 462 g/mol. The molecular formula is C13H27F3IN3O3S. The molecule has 0 aliphatic heterocycles. The van der Waals surface area contributed by atoms with Gasteiger partial charge in [-0.1, -0.05) is 0 Å². The third-order valence-electron chi connectivity index (χ3n) is 2.63. The van der Waals surface area contributed by atoms with Gasteiger partial charge in [0.15, 0.2) is 5.96 Å². The Labute approximate surface area is 158 Å². The van der Waals surface area contributed by atoms with Gasteiger partial charge >= 0.3 is 6.18 Å². The molecule has 146 valence electrons. The lowest BCUT2D eigenvalue weighted by molar-refractivity contribution is -0.173. The molecule has 0 aliphatic rings. The zero-order valence-electron chi connectivity index (χ0n) is 14.1. The molecule has 0 aromatic rings. The minimum atomic E-state index is -4.31. The van der Waals surface area contributed by atoms with Crippen molar-refractivity contribution in [1.82, 2.24) is 10.6 Å². The van der Waals surface area contributed by atoms with Crippen molar-refractivity contribution in [2.75, 3.05) is 38.3 Å². The van der Waals surface area contributed by atoms with Gasteiger partial charge in [0.1, 0.15) is 16.4 Å². The van der Waals surface area contributed by atoms with Crippen LogP contribution in [0.15, 0.2) is 4.99 Å². The van der Waals surface area contributed by atoms with E-state index >= 15 is 0 Å². The van der Waals surface area contributed by atoms with Crippen molar-refractivity contribution in [2.24, 2.45) is 4.99 Å². The first-order chi connectivity index (χ1) is 10.5. The molecule has 0 rings (SSSR count). The van der Waals surface area contributed by atoms with Gasteiger partial charge in [0.2, 0.25) is 0 Å². The highest BCUT2D eigenvalue weighted by Crippen LogP contribution is 2.14. The molecule has 0 aromatic heterocycles. The van der Waals surface area contributed by atoms with Crippen molar-refractivity contribution in [1.29, 1.82) is 0 Å². The smallest absolute Gasteiger partial charge is 0.372 e. The zero-order chi connectivity index (χ0) is 17.9. The molecule has 24 heavy (non-hydrogen) atoms. The van der Waals surface area contributed by atoms with Crippen molar-refractivity contribution >= 4 is 39.8 Å². The van der Waals surface area contributed by atoms with Gasteiger partial charge in [-0.2, -0.15) is 13.2 Å². The van der Waals surface area contributed by atoms with Crippen molar-refractivity contribution in [3.05, 3.63) is 0 Å². The lowest BCUT2D eigenvalue weighted by Gasteiger charge is -2.17. The SMILES string of the molecule is CCNC(=NCCCOCC(F)(F)F)NC(C)CCS(C)(=O)=O.I. The van der Waals surface area contributed by atoms with Crippen LogP contribution in [0.1, 0.15) is 26.7 Å². The largest absolute Gasteiger partial charge is 0.411 e. The van der Waals surface area contributed by atoms with Gasteiger partial charge in [-0.15, -0.1) is 24.0 Å². The van der Waals surface area contributed by atoms with E-state index in [0.717, 1.165) is 0 Å². The molecule has 0 radical (unpaired) electrons. The van der Waals surface area contributed by atoms with Crippen LogP contribution in [0.5, 0.6) is 0 Å². The fourth-order valence-electron chi connectivity index (χ4n) is 1.56. The number of ether oxygens (including phenoxy) is 1. The Hall–Kier alpha value is -0.300. The number of hydrogen-bond donors (Lipinski definition) is 2. The molecule has 0 heterocycles. The summed E-state index contributed by atoms with van der Waals surface area (Å²) in [6, 6.07) is -0.0935. The minimum Gasteiger partial charge on any atom is -0.372 e. The number of nitrogens with one attached hydrogen (secondary N) is 2. The second kappa shape index (κ2) is 13.0. The maximum Gasteiger partial charge on any atom is 0.411 e. The Morgan fingerprint density at radius 1 is 1.33 bits per heavy atom. The number of rotatable bonds is 10. The van der Waals surface area contributed by atoms with Gasteiger partial charge in [-0.3, -0.25) is 4.99 Å². The van der Waals surface area contributed by atoms with E-state index in [1.165, 1.54) is 6.26 Å². The standard InChI is InChI=1S/C13H26F3N3O3S.HI/c1-4-17-12(19-11(2)6-9-23(3,20)21)18-7-5-8-22-10-13(14,15)16;/h11H,4-10H2,1-3H3,(H2,17,18,19);1H. The fraction of sp³-hybridized carbons (Fsp3) is 0.923. The predicted octanol–water partition coefficient (Wildman–Crippen LogP) is 1.95. The number of hydrogen-bond acceptors (Lipinski definition) is 4. The lowest BCUT2D eigenvalue weighted by Crippen LogP contribution is -2.43. The number of guanidine groups is 1. The summed E-state index contributed by atoms with van der Waals surface area (Å²) >= 11 is 0. The molecule has 0 aliphatic carbocycles. The first kappa shape index (κ1) is 25.9. The molecule has 0 amide bonds. The van der Waals surface area contributed by atoms with E-state index in [0.29, 0.717) is 31.9 Å². The number of aliphatic imine (C=N–C) groups is 1. The van der Waals surface area contributed by atoms with Crippen molar-refractivity contribution in [2.45, 2.75) is 38.9 Å². The summed E-state index contributed by atoms with van der Waals surface area (Å²) in [4.78, 5) is 4.22. The van der Waals surface area contributed by atoms with Crippen LogP contribution in [0.3, 0.4) is 0 Å². The van der Waals surface area contributed by atoms with E-state index in [9.17, 15) is 21.6 Å². The van der Waals surface area contributed by atoms with Crippen molar-refractivity contribution in [3.8, 4) is 0 Å². The van der Waals surface area contributed by atoms with Gasteiger partial charge in [0, 0.05) is 32.0 Å². The highest BCUT2D eigenvalue weighted by Gasteiger charge is 2.27. The first-order valence-corrected chi connectivity index (χ1v) is 9.46. The van der Waals surface area contributed by atoms with Crippen LogP contribution in [-0.2, 0) is 14.6 Å². The molecule has 0 bridgehead atoms. The summed E-state index contributed by atoms with van der Waals surface area (Å²) in [5.41, 5.74) is 0. The van der Waals surface area contributed by atoms with Crippen LogP contribution in [0, 0.1) is 0 Å². The van der Waals surface area contributed by atoms with E-state index in [4.69, 9.17) is 0 Å². The highest BCUT2D eigenvalue weighted by atomic mass is 127. The van der Waals surface area contributed by atoms with Crippen LogP contribution >= 0.6 is 24.0 Å². The Balaban J connectivity index is 0. The fourth-order valence-corrected chi connectivity index (χ4v) is 2.34. The second-order valence-electron chi connectivity index (χ2n) is 5.25. The van der Waals surface area contributed by atoms with Crippen molar-refractivity contribution in [3.63, 3.8) is 0 Å². The summed E-state index contributed by atoms with van der Waals surface area (Å²) in [6.07, 6.45) is -2.32. The Kier molecular flexibility index (Phi) is 14.0. The normalized spacial score (nSPS) is 14.0. The monoisotopic (exact) mass is 489 g/mol. The molecule has 0 fully saturated rings. The molecule has 0 saturated carbocycles. The molecule has 1 unspecified atom stereocenters. The first-order valence-electron chi connectivity index (χ1n) is 7.40. The maximum absolute atomic E-state index is 11.9. The number of sulfone groups is 1. The van der Waals surface area contributed by atoms with Crippen LogP contribution in [-0.4, -0.2) is 64.9 Å². The summed E-state index contributed by atoms with van der Waals surface area (Å²) in [7, 11) is -3.02. The third-order valence-corrected chi connectivity index (χ3v) is 3.61. The van der Waals surface area contributed by atoms with E-state index in [1.54, 1.807) is 0 Å². The van der Waals surface area contributed by atoms with Gasteiger partial charge in [0.05, 0.1) is 5.75 Å². The van der Waals surface area contributed by atoms with Crippen LogP contribution in [0.2, 0.25) is 0 Å². The Morgan fingerprint density at radius 2 is 1.96 bits per heavy atom. The summed E-state index contributed by atoms with van der Waals surface area (Å²) in [5, 5.41) is 6.05. The zero-order valence-corrected chi connectivity index (χ0v) is 17.3. The van der Waals surface area contributed by atoms with Crippen LogP contribution < -0.4 is 10.6 Å². The third kappa shape index (κ3) is 18.0. The molecule has 0 spiro atoms. The van der Waals surface area contributed by atoms with E-state index in [1.807, 2.05) is 13.8 Å². The maximum atomic E-state index is 11.9. The average Bonchev–Trinajstić information content (AvgIpc) is 2.38. The minimum absolute atomic E-state index is 0. The van der Waals surface area contributed by atoms with Gasteiger partial charge in [0.25, 0.3) is 0 Å². The van der Waals surface area contributed by atoms with Crippen molar-refractivity contribution < 1.29 is 26.3 Å². The number of nitrogens with zero attached hydrogens (tertiary/aromatic N) is 1. The molecule has 0 aromatic carbocycles. The quantitative estimate of drug-likeness (QED) is 0.212. The average molecular weight is 489 g/mol. The molecule has 6 nitrogen and oxygen atoms in total. The van der Waals surface area contributed by atoms with E-state index in [2.05, 4.69) is 20.4 Å². The van der Waals surface area contributed by atoms with Gasteiger partial charge < -0.3 is 15.4 Å². The molecule has 1 atom stereocenters. The molecule has 11 heteroatoms. The topological polar surface area (TPSA) is 79.8 Å². The summed E-state index contributed by atoms with van der Waals surface area (Å²) in [6.45, 7) is 3.38.